The van der Waals surface area contributed by atoms with Crippen molar-refractivity contribution in [2.75, 3.05) is 4.90 Å². The number of halogens is 3. The maximum Gasteiger partial charge on any atom is 0.417 e. The van der Waals surface area contributed by atoms with Crippen LogP contribution in [0.3, 0.4) is 0 Å². The molecule has 0 radical (unpaired) electrons. The van der Waals surface area contributed by atoms with Gasteiger partial charge in [0.2, 0.25) is 0 Å². The predicted molar refractivity (Wildman–Crippen MR) is 79.6 cm³/mol. The van der Waals surface area contributed by atoms with Gasteiger partial charge in [-0.25, -0.2) is 14.8 Å². The highest BCUT2D eigenvalue weighted by molar-refractivity contribution is 5.88. The van der Waals surface area contributed by atoms with Gasteiger partial charge in [0.05, 0.1) is 11.1 Å². The molecule has 1 N–H and O–H groups in total. The topological polar surface area (TPSA) is 66.3 Å². The average Bonchev–Trinajstić information content (AvgIpc) is 2.78. The molecule has 0 unspecified atom stereocenters. The highest BCUT2D eigenvalue weighted by atomic mass is 19.4. The molecule has 2 aromatic heterocycles. The number of pyridine rings is 2. The zero-order chi connectivity index (χ0) is 17.7. The minimum atomic E-state index is -4.45. The van der Waals surface area contributed by atoms with Crippen LogP contribution in [-0.4, -0.2) is 21.0 Å². The Labute approximate surface area is 135 Å². The summed E-state index contributed by atoms with van der Waals surface area (Å²) in [5.74, 6) is -0.787. The molecule has 5 nitrogen and oxygen atoms in total. The standard InChI is InChI=1S/C16H14F3N3O2/c1-15(2)11-5-6-20-13(14(23)24)10(11)8-22(15)12-4-3-9(7-21-12)16(17,18)19/h3-7H,8H2,1-2H3,(H,23,24). The van der Waals surface area contributed by atoms with Gasteiger partial charge in [-0.3, -0.25) is 0 Å². The van der Waals surface area contributed by atoms with Gasteiger partial charge in [-0.2, -0.15) is 13.2 Å². The van der Waals surface area contributed by atoms with Crippen molar-refractivity contribution < 1.29 is 23.1 Å². The number of hydrogen-bond acceptors (Lipinski definition) is 4. The van der Waals surface area contributed by atoms with E-state index in [2.05, 4.69) is 9.97 Å². The molecule has 0 saturated carbocycles. The Morgan fingerprint density at radius 1 is 1.25 bits per heavy atom. The third kappa shape index (κ3) is 2.47. The largest absolute Gasteiger partial charge is 0.477 e. The second-order valence-electron chi connectivity index (χ2n) is 6.04. The molecule has 24 heavy (non-hydrogen) atoms. The van der Waals surface area contributed by atoms with Crippen LogP contribution in [0.2, 0.25) is 0 Å². The lowest BCUT2D eigenvalue weighted by Gasteiger charge is -2.33. The first-order valence-corrected chi connectivity index (χ1v) is 7.15. The van der Waals surface area contributed by atoms with Gasteiger partial charge in [-0.1, -0.05) is 0 Å². The summed E-state index contributed by atoms with van der Waals surface area (Å²) in [4.78, 5) is 20.9. The van der Waals surface area contributed by atoms with Gasteiger partial charge in [0.15, 0.2) is 5.69 Å². The highest BCUT2D eigenvalue weighted by Gasteiger charge is 2.41. The first-order valence-electron chi connectivity index (χ1n) is 7.15. The first kappa shape index (κ1) is 16.2. The van der Waals surface area contributed by atoms with Crippen LogP contribution in [-0.2, 0) is 18.3 Å². The Morgan fingerprint density at radius 3 is 2.50 bits per heavy atom. The van der Waals surface area contributed by atoms with Crippen molar-refractivity contribution in [3.05, 3.63) is 53.0 Å². The van der Waals surface area contributed by atoms with Crippen molar-refractivity contribution in [3.63, 3.8) is 0 Å². The molecule has 2 aromatic rings. The molecule has 8 heteroatoms. The summed E-state index contributed by atoms with van der Waals surface area (Å²) in [7, 11) is 0. The molecular formula is C16H14F3N3O2. The molecule has 0 aliphatic carbocycles. The molecule has 0 aromatic carbocycles. The van der Waals surface area contributed by atoms with Gasteiger partial charge in [-0.15, -0.1) is 0 Å². The zero-order valence-electron chi connectivity index (χ0n) is 12.9. The number of rotatable bonds is 2. The van der Waals surface area contributed by atoms with E-state index in [0.717, 1.165) is 17.8 Å². The van der Waals surface area contributed by atoms with Crippen LogP contribution in [0, 0.1) is 0 Å². The Hall–Kier alpha value is -2.64. The van der Waals surface area contributed by atoms with Crippen LogP contribution in [0.4, 0.5) is 19.0 Å². The molecule has 0 amide bonds. The van der Waals surface area contributed by atoms with E-state index in [1.807, 2.05) is 13.8 Å². The van der Waals surface area contributed by atoms with Gasteiger partial charge >= 0.3 is 12.1 Å². The van der Waals surface area contributed by atoms with Gasteiger partial charge in [-0.05, 0) is 37.6 Å². The minimum absolute atomic E-state index is 0.0463. The molecule has 0 fully saturated rings. The van der Waals surface area contributed by atoms with E-state index in [9.17, 15) is 23.1 Å². The minimum Gasteiger partial charge on any atom is -0.477 e. The number of aromatic carboxylic acids is 1. The summed E-state index contributed by atoms with van der Waals surface area (Å²) in [6, 6.07) is 3.99. The van der Waals surface area contributed by atoms with Gasteiger partial charge in [0.1, 0.15) is 5.82 Å². The number of carboxylic acids is 1. The molecule has 0 saturated heterocycles. The maximum absolute atomic E-state index is 12.7. The predicted octanol–water partition coefficient (Wildman–Crippen LogP) is 3.45. The lowest BCUT2D eigenvalue weighted by Crippen LogP contribution is -2.35. The van der Waals surface area contributed by atoms with Crippen molar-refractivity contribution in [2.45, 2.75) is 32.1 Å². The van der Waals surface area contributed by atoms with E-state index >= 15 is 0 Å². The van der Waals surface area contributed by atoms with Crippen molar-refractivity contribution in [2.24, 2.45) is 0 Å². The summed E-state index contributed by atoms with van der Waals surface area (Å²) >= 11 is 0. The number of nitrogens with zero attached hydrogens (tertiary/aromatic N) is 3. The van der Waals surface area contributed by atoms with E-state index in [4.69, 9.17) is 0 Å². The van der Waals surface area contributed by atoms with Crippen molar-refractivity contribution in [3.8, 4) is 0 Å². The maximum atomic E-state index is 12.7. The zero-order valence-corrected chi connectivity index (χ0v) is 12.9. The fourth-order valence-corrected chi connectivity index (χ4v) is 2.99. The van der Waals surface area contributed by atoms with Crippen molar-refractivity contribution in [1.29, 1.82) is 0 Å². The van der Waals surface area contributed by atoms with Crippen LogP contribution in [0.5, 0.6) is 0 Å². The van der Waals surface area contributed by atoms with Crippen LogP contribution < -0.4 is 4.90 Å². The lowest BCUT2D eigenvalue weighted by atomic mass is 9.94. The van der Waals surface area contributed by atoms with E-state index < -0.39 is 23.2 Å². The number of carbonyl (C=O) groups is 1. The lowest BCUT2D eigenvalue weighted by molar-refractivity contribution is -0.137. The second-order valence-corrected chi connectivity index (χ2v) is 6.04. The summed E-state index contributed by atoms with van der Waals surface area (Å²) in [6.45, 7) is 3.95. The number of anilines is 1. The molecule has 3 rings (SSSR count). The van der Waals surface area contributed by atoms with E-state index in [1.54, 1.807) is 11.0 Å². The molecule has 0 bridgehead atoms. The van der Waals surface area contributed by atoms with Gasteiger partial charge in [0.25, 0.3) is 0 Å². The van der Waals surface area contributed by atoms with E-state index in [1.165, 1.54) is 12.3 Å². The Morgan fingerprint density at radius 2 is 1.96 bits per heavy atom. The summed E-state index contributed by atoms with van der Waals surface area (Å²) < 4.78 is 38.0. The van der Waals surface area contributed by atoms with Crippen molar-refractivity contribution >= 4 is 11.8 Å². The number of carboxylic acid groups (broad SMARTS) is 1. The van der Waals surface area contributed by atoms with Crippen LogP contribution in [0.25, 0.3) is 0 Å². The summed E-state index contributed by atoms with van der Waals surface area (Å²) in [6.07, 6.45) is -2.24. The van der Waals surface area contributed by atoms with Crippen LogP contribution >= 0.6 is 0 Å². The van der Waals surface area contributed by atoms with E-state index in [0.29, 0.717) is 11.4 Å². The third-order valence-corrected chi connectivity index (χ3v) is 4.26. The fraction of sp³-hybridized carbons (Fsp3) is 0.312. The van der Waals surface area contributed by atoms with Gasteiger partial charge in [0, 0.05) is 24.5 Å². The molecule has 1 aliphatic heterocycles. The molecule has 3 heterocycles. The summed E-state index contributed by atoms with van der Waals surface area (Å²) in [5, 5.41) is 9.28. The van der Waals surface area contributed by atoms with Crippen LogP contribution in [0.1, 0.15) is 41.0 Å². The van der Waals surface area contributed by atoms with Crippen molar-refractivity contribution in [1.82, 2.24) is 9.97 Å². The highest BCUT2D eigenvalue weighted by Crippen LogP contribution is 2.42. The Bertz CT molecular complexity index is 801. The number of alkyl halides is 3. The number of hydrogen-bond donors (Lipinski definition) is 1. The van der Waals surface area contributed by atoms with Gasteiger partial charge < -0.3 is 10.0 Å². The first-order chi connectivity index (χ1) is 11.1. The number of fused-ring (bicyclic) bond motifs is 1. The normalized spacial score (nSPS) is 16.1. The Balaban J connectivity index is 2.02. The summed E-state index contributed by atoms with van der Waals surface area (Å²) in [5.41, 5.74) is -0.160. The SMILES string of the molecule is CC1(C)c2ccnc(C(=O)O)c2CN1c1ccc(C(F)(F)F)cn1. The molecule has 0 spiro atoms. The fourth-order valence-electron chi connectivity index (χ4n) is 2.99. The average molecular weight is 337 g/mol. The molecule has 0 atom stereocenters. The monoisotopic (exact) mass is 337 g/mol. The molecular weight excluding hydrogens is 323 g/mol. The quantitative estimate of drug-likeness (QED) is 0.909. The van der Waals surface area contributed by atoms with E-state index in [-0.39, 0.29) is 12.2 Å². The smallest absolute Gasteiger partial charge is 0.417 e. The van der Waals surface area contributed by atoms with Crippen LogP contribution in [0.15, 0.2) is 30.6 Å². The molecule has 126 valence electrons. The Kier molecular flexibility index (Phi) is 3.51. The third-order valence-electron chi connectivity index (χ3n) is 4.26. The number of aromatic nitrogens is 2. The second kappa shape index (κ2) is 5.19. The molecule has 1 aliphatic rings.